The van der Waals surface area contributed by atoms with Crippen LogP contribution >= 0.6 is 0 Å². The number of hydrogen-bond acceptors (Lipinski definition) is 5. The van der Waals surface area contributed by atoms with E-state index in [1.807, 2.05) is 20.0 Å². The predicted molar refractivity (Wildman–Crippen MR) is 119 cm³/mol. The van der Waals surface area contributed by atoms with Gasteiger partial charge in [0.25, 0.3) is 5.69 Å². The number of ether oxygens (including phenoxy) is 1. The van der Waals surface area contributed by atoms with Gasteiger partial charge in [-0.15, -0.1) is 0 Å². The molecule has 0 fully saturated rings. The Morgan fingerprint density at radius 1 is 1.45 bits per heavy atom. The summed E-state index contributed by atoms with van der Waals surface area (Å²) in [6, 6.07) is 3.29. The van der Waals surface area contributed by atoms with Crippen molar-refractivity contribution in [3.63, 3.8) is 0 Å². The standard InChI is InChI=1S/C20H27N7O3S/c1-3-7-27(29)15-8-13-5-4-6-16(13)17(9-15)24-20(28)25-31(21)18-10-23-26-11-14(22-2)12-30-19(18)26/h8-10,14,22H,3-7,11-12H2,1-2H3,(H2-,21,24,25,28)/p+1. The van der Waals surface area contributed by atoms with Crippen LogP contribution in [0.15, 0.2) is 27.6 Å². The molecule has 31 heavy (non-hydrogen) atoms. The van der Waals surface area contributed by atoms with Gasteiger partial charge in [0.05, 0.1) is 24.5 Å². The van der Waals surface area contributed by atoms with Crippen LogP contribution in [0.3, 0.4) is 0 Å². The Balaban J connectivity index is 1.55. The van der Waals surface area contributed by atoms with E-state index in [1.54, 1.807) is 16.9 Å². The van der Waals surface area contributed by atoms with Gasteiger partial charge in [0.15, 0.2) is 6.54 Å². The molecule has 1 aromatic heterocycles. The molecule has 10 nitrogen and oxygen atoms in total. The lowest BCUT2D eigenvalue weighted by atomic mass is 10.1. The van der Waals surface area contributed by atoms with Gasteiger partial charge in [-0.1, -0.05) is 6.92 Å². The number of nitroso groups, excluding NO2 is 1. The highest BCUT2D eigenvalue weighted by Crippen LogP contribution is 2.34. The van der Waals surface area contributed by atoms with Crippen LogP contribution < -0.4 is 20.5 Å². The van der Waals surface area contributed by atoms with Crippen LogP contribution in [0, 0.1) is 4.91 Å². The second-order valence-corrected chi connectivity index (χ2v) is 8.97. The van der Waals surface area contributed by atoms with Gasteiger partial charge in [-0.25, -0.2) is 9.48 Å². The maximum absolute atomic E-state index is 12.7. The Morgan fingerprint density at radius 3 is 3.06 bits per heavy atom. The average Bonchev–Trinajstić information content (AvgIpc) is 3.40. The van der Waals surface area contributed by atoms with Crippen molar-refractivity contribution in [1.82, 2.24) is 15.1 Å². The summed E-state index contributed by atoms with van der Waals surface area (Å²) in [4.78, 5) is 25.6. The van der Waals surface area contributed by atoms with Crippen LogP contribution in [-0.4, -0.2) is 46.8 Å². The fourth-order valence-corrected chi connectivity index (χ4v) is 4.77. The van der Waals surface area contributed by atoms with Gasteiger partial charge in [-0.2, -0.15) is 9.46 Å². The summed E-state index contributed by atoms with van der Waals surface area (Å²) in [5.74, 6) is 0.554. The minimum atomic E-state index is -1.21. The number of nitrogens with zero attached hydrogens (tertiary/aromatic N) is 4. The number of anilines is 1. The van der Waals surface area contributed by atoms with Crippen LogP contribution in [0.4, 0.5) is 16.2 Å². The van der Waals surface area contributed by atoms with E-state index >= 15 is 0 Å². The highest BCUT2D eigenvalue weighted by Gasteiger charge is 2.25. The lowest BCUT2D eigenvalue weighted by molar-refractivity contribution is -0.463. The van der Waals surface area contributed by atoms with Crippen molar-refractivity contribution < 1.29 is 14.3 Å². The number of aryl methyl sites for hydroxylation is 1. The van der Waals surface area contributed by atoms with Crippen LogP contribution in [0.2, 0.25) is 0 Å². The number of rotatable bonds is 6. The van der Waals surface area contributed by atoms with E-state index in [-0.39, 0.29) is 6.04 Å². The zero-order chi connectivity index (χ0) is 22.0. The zero-order valence-electron chi connectivity index (χ0n) is 17.8. The molecular weight excluding hydrogens is 418 g/mol. The van der Waals surface area contributed by atoms with E-state index in [4.69, 9.17) is 9.88 Å². The van der Waals surface area contributed by atoms with Crippen molar-refractivity contribution in [3.8, 4) is 5.88 Å². The number of hydrogen-bond donors (Lipinski definition) is 3. The largest absolute Gasteiger partial charge is 0.475 e. The molecule has 2 amide bonds. The number of carbonyl (C=O) groups excluding carboxylic acids is 1. The Bertz CT molecular complexity index is 1050. The van der Waals surface area contributed by atoms with Crippen molar-refractivity contribution in [3.05, 3.63) is 34.4 Å². The molecule has 4 N–H and O–H groups in total. The number of carbonyl (C=O) groups is 1. The first kappa shape index (κ1) is 21.6. The number of amides is 2. The normalized spacial score (nSPS) is 18.2. The highest BCUT2D eigenvalue weighted by molar-refractivity contribution is 7.85. The zero-order valence-corrected chi connectivity index (χ0v) is 18.6. The molecule has 0 radical (unpaired) electrons. The van der Waals surface area contributed by atoms with Gasteiger partial charge in [0, 0.05) is 39.1 Å². The first-order valence-corrected chi connectivity index (χ1v) is 11.7. The molecule has 0 bridgehead atoms. The third-order valence-corrected chi connectivity index (χ3v) is 6.64. The summed E-state index contributed by atoms with van der Waals surface area (Å²) in [6.07, 6.45) is 5.12. The second kappa shape index (κ2) is 9.25. The van der Waals surface area contributed by atoms with E-state index < -0.39 is 16.9 Å². The number of aromatic nitrogens is 2. The Labute approximate surface area is 183 Å². The first-order chi connectivity index (χ1) is 15.0. The van der Waals surface area contributed by atoms with Crippen LogP contribution in [0.25, 0.3) is 0 Å². The quantitative estimate of drug-likeness (QED) is 0.585. The first-order valence-electron chi connectivity index (χ1n) is 10.5. The predicted octanol–water partition coefficient (Wildman–Crippen LogP) is 2.44. The van der Waals surface area contributed by atoms with Crippen molar-refractivity contribution in [2.45, 2.75) is 50.1 Å². The van der Waals surface area contributed by atoms with Crippen molar-refractivity contribution in [2.75, 3.05) is 25.5 Å². The van der Waals surface area contributed by atoms with Crippen molar-refractivity contribution in [2.24, 2.45) is 9.50 Å². The van der Waals surface area contributed by atoms with E-state index in [0.717, 1.165) is 41.6 Å². The number of fused-ring (bicyclic) bond motifs is 2. The van der Waals surface area contributed by atoms with E-state index in [0.29, 0.717) is 41.8 Å². The molecule has 2 aliphatic rings. The van der Waals surface area contributed by atoms with Gasteiger partial charge in [-0.3, -0.25) is 5.14 Å². The van der Waals surface area contributed by atoms with Gasteiger partial charge < -0.3 is 15.4 Å². The highest BCUT2D eigenvalue weighted by atomic mass is 32.2. The maximum atomic E-state index is 12.7. The molecule has 166 valence electrons. The molecule has 1 aromatic carbocycles. The molecule has 4 rings (SSSR count). The summed E-state index contributed by atoms with van der Waals surface area (Å²) < 4.78 is 12.6. The Hall–Kier alpha value is -2.63. The molecule has 11 heteroatoms. The summed E-state index contributed by atoms with van der Waals surface area (Å²) in [5.41, 5.74) is 3.37. The van der Waals surface area contributed by atoms with Crippen LogP contribution in [-0.2, 0) is 30.3 Å². The summed E-state index contributed by atoms with van der Waals surface area (Å²) in [7, 11) is 0.660. The summed E-state index contributed by atoms with van der Waals surface area (Å²) >= 11 is 0. The molecule has 2 unspecified atom stereocenters. The Kier molecular flexibility index (Phi) is 6.44. The van der Waals surface area contributed by atoms with E-state index in [1.165, 1.54) is 0 Å². The fourth-order valence-electron chi connectivity index (χ4n) is 3.95. The summed E-state index contributed by atoms with van der Waals surface area (Å²) in [6.45, 7) is 3.53. The molecular formula is C20H28N7O3S+. The van der Waals surface area contributed by atoms with Crippen LogP contribution in [0.5, 0.6) is 5.88 Å². The molecule has 0 spiro atoms. The fraction of sp³-hybridized carbons (Fsp3) is 0.500. The van der Waals surface area contributed by atoms with Gasteiger partial charge in [0.1, 0.15) is 11.5 Å². The van der Waals surface area contributed by atoms with Crippen LogP contribution in [0.1, 0.15) is 30.9 Å². The molecule has 1 aliphatic carbocycles. The smallest absolute Gasteiger partial charge is 0.352 e. The van der Waals surface area contributed by atoms with Gasteiger partial charge >= 0.3 is 6.03 Å². The minimum absolute atomic E-state index is 0.169. The topological polar surface area (TPSA) is 127 Å². The monoisotopic (exact) mass is 446 g/mol. The average molecular weight is 447 g/mol. The third-order valence-electron chi connectivity index (χ3n) is 5.55. The molecule has 0 saturated heterocycles. The lowest BCUT2D eigenvalue weighted by Crippen LogP contribution is -2.40. The van der Waals surface area contributed by atoms with E-state index in [2.05, 4.69) is 20.1 Å². The SMILES string of the molecule is CCC[N+](=O)c1cc2c(c(NC(=O)N=S(N)c3cnn4c3OCC(NC)C4)c1)CCC2. The number of benzene rings is 1. The third kappa shape index (κ3) is 4.53. The number of urea groups is 1. The molecule has 2 aromatic rings. The number of nitrogens with two attached hydrogens (primary N) is 1. The number of nitrogens with one attached hydrogen (secondary N) is 2. The van der Waals surface area contributed by atoms with Gasteiger partial charge in [0.2, 0.25) is 5.88 Å². The Morgan fingerprint density at radius 2 is 2.29 bits per heavy atom. The number of likely N-dealkylation sites (N-methyl/N-ethyl adjacent to an activating group) is 1. The van der Waals surface area contributed by atoms with Crippen molar-refractivity contribution in [1.29, 1.82) is 0 Å². The van der Waals surface area contributed by atoms with E-state index in [9.17, 15) is 9.70 Å². The maximum Gasteiger partial charge on any atom is 0.352 e. The summed E-state index contributed by atoms with van der Waals surface area (Å²) in [5, 5.41) is 16.5. The minimum Gasteiger partial charge on any atom is -0.475 e. The van der Waals surface area contributed by atoms with Gasteiger partial charge in [-0.05, 0) is 37.4 Å². The molecule has 2 heterocycles. The lowest BCUT2D eigenvalue weighted by Gasteiger charge is -2.24. The van der Waals surface area contributed by atoms with Crippen molar-refractivity contribution >= 4 is 28.3 Å². The molecule has 2 atom stereocenters. The second-order valence-electron chi connectivity index (χ2n) is 7.72. The molecule has 0 saturated carbocycles. The molecule has 1 aliphatic heterocycles.